The van der Waals surface area contributed by atoms with Crippen LogP contribution >= 0.6 is 55.0 Å². The van der Waals surface area contributed by atoms with E-state index in [9.17, 15) is 4.79 Å². The van der Waals surface area contributed by atoms with Gasteiger partial charge in [0.1, 0.15) is 23.3 Å². The van der Waals surface area contributed by atoms with E-state index in [0.29, 0.717) is 27.3 Å². The minimum atomic E-state index is -0.571. The van der Waals surface area contributed by atoms with Gasteiger partial charge in [-0.2, -0.15) is 0 Å². The van der Waals surface area contributed by atoms with E-state index < -0.39 is 5.92 Å². The van der Waals surface area contributed by atoms with Crippen LogP contribution in [0.2, 0.25) is 0 Å². The van der Waals surface area contributed by atoms with Crippen molar-refractivity contribution in [2.24, 2.45) is 0 Å². The van der Waals surface area contributed by atoms with Crippen LogP contribution in [0.15, 0.2) is 50.2 Å². The number of carbonyl (C=O) groups excluding carboxylic acids is 1. The predicted molar refractivity (Wildman–Crippen MR) is 111 cm³/mol. The highest BCUT2D eigenvalue weighted by Crippen LogP contribution is 2.42. The number of benzene rings is 1. The molecule has 0 spiro atoms. The molecule has 3 rings (SSSR count). The molecule has 1 fully saturated rings. The van der Waals surface area contributed by atoms with E-state index in [-0.39, 0.29) is 5.78 Å². The summed E-state index contributed by atoms with van der Waals surface area (Å²) in [5.41, 5.74) is 0.841. The number of nitrogens with one attached hydrogen (secondary N) is 1. The molecule has 0 aliphatic carbocycles. The van der Waals surface area contributed by atoms with Gasteiger partial charge in [0.15, 0.2) is 5.78 Å². The summed E-state index contributed by atoms with van der Waals surface area (Å²) in [6, 6.07) is 3.76. The number of rotatable bonds is 5. The van der Waals surface area contributed by atoms with Gasteiger partial charge in [-0.3, -0.25) is 10.2 Å². The molecule has 0 saturated carbocycles. The monoisotopic (exact) mass is 498 g/mol. The number of halogens is 2. The Morgan fingerprint density at radius 1 is 1.36 bits per heavy atom. The van der Waals surface area contributed by atoms with E-state index in [4.69, 9.17) is 10.1 Å². The number of hydrogen-bond donors (Lipinski definition) is 1. The molecule has 1 aliphatic heterocycles. The fraction of sp³-hybridized carbons (Fsp3) is 0.118. The van der Waals surface area contributed by atoms with Crippen molar-refractivity contribution in [1.82, 2.24) is 4.98 Å². The lowest BCUT2D eigenvalue weighted by molar-refractivity contribution is -0.114. The molecule has 0 unspecified atom stereocenters. The maximum Gasteiger partial charge on any atom is 0.186 e. The number of ether oxygens (including phenoxy) is 1. The van der Waals surface area contributed by atoms with Gasteiger partial charge >= 0.3 is 0 Å². The standard InChI is InChI=1S/C17H12Br2N2O2S2/c1-2-4-23-15-10(18)6-9(7-11(15)19)8-12-14(22)13(16(20)25-12)17-21-3-5-24-17/h2-3,5-8,13,20H,1,4H2/b12-8-,20-16?/t13-/m1/s1. The Morgan fingerprint density at radius 3 is 2.68 bits per heavy atom. The van der Waals surface area contributed by atoms with Crippen molar-refractivity contribution in [2.75, 3.05) is 6.61 Å². The van der Waals surface area contributed by atoms with E-state index in [1.165, 1.54) is 23.1 Å². The van der Waals surface area contributed by atoms with Crippen molar-refractivity contribution in [3.8, 4) is 5.75 Å². The van der Waals surface area contributed by atoms with Crippen molar-refractivity contribution in [2.45, 2.75) is 5.92 Å². The van der Waals surface area contributed by atoms with Crippen LogP contribution in [0.5, 0.6) is 5.75 Å². The molecule has 1 aromatic heterocycles. The van der Waals surface area contributed by atoms with Crippen LogP contribution in [0.4, 0.5) is 0 Å². The SMILES string of the molecule is C=CCOc1c(Br)cc(/C=C2\SC(=N)[C@H](c3nccs3)C2=O)cc1Br. The summed E-state index contributed by atoms with van der Waals surface area (Å²) in [6.07, 6.45) is 5.12. The average Bonchev–Trinajstić information content (AvgIpc) is 3.15. The number of hydrogen-bond acceptors (Lipinski definition) is 6. The number of thioether (sulfide) groups is 1. The number of aromatic nitrogens is 1. The summed E-state index contributed by atoms with van der Waals surface area (Å²) in [6.45, 7) is 4.04. The molecular weight excluding hydrogens is 488 g/mol. The van der Waals surface area contributed by atoms with Gasteiger partial charge in [-0.15, -0.1) is 11.3 Å². The summed E-state index contributed by atoms with van der Waals surface area (Å²) in [4.78, 5) is 17.4. The molecule has 1 aliphatic rings. The topological polar surface area (TPSA) is 63.0 Å². The van der Waals surface area contributed by atoms with Crippen LogP contribution in [0.3, 0.4) is 0 Å². The van der Waals surface area contributed by atoms with Crippen LogP contribution in [0.25, 0.3) is 6.08 Å². The van der Waals surface area contributed by atoms with Gasteiger partial charge in [-0.05, 0) is 55.6 Å². The molecule has 1 N–H and O–H groups in total. The molecule has 0 radical (unpaired) electrons. The maximum atomic E-state index is 12.7. The van der Waals surface area contributed by atoms with Gasteiger partial charge in [0.25, 0.3) is 0 Å². The molecule has 2 aromatic rings. The molecule has 2 heterocycles. The van der Waals surface area contributed by atoms with Crippen molar-refractivity contribution in [3.05, 3.63) is 60.8 Å². The van der Waals surface area contributed by atoms with Gasteiger partial charge < -0.3 is 4.74 Å². The van der Waals surface area contributed by atoms with Crippen molar-refractivity contribution in [1.29, 1.82) is 5.41 Å². The van der Waals surface area contributed by atoms with Crippen LogP contribution in [0.1, 0.15) is 16.5 Å². The van der Waals surface area contributed by atoms with Gasteiger partial charge in [0.2, 0.25) is 0 Å². The fourth-order valence-electron chi connectivity index (χ4n) is 2.29. The zero-order valence-electron chi connectivity index (χ0n) is 12.8. The second kappa shape index (κ2) is 7.99. The molecular formula is C17H12Br2N2O2S2. The van der Waals surface area contributed by atoms with Crippen LogP contribution < -0.4 is 4.74 Å². The lowest BCUT2D eigenvalue weighted by Crippen LogP contribution is -2.11. The van der Waals surface area contributed by atoms with Gasteiger partial charge in [-0.25, -0.2) is 4.98 Å². The first-order valence-corrected chi connectivity index (χ1v) is 10.4. The van der Waals surface area contributed by atoms with E-state index >= 15 is 0 Å². The molecule has 1 saturated heterocycles. The minimum absolute atomic E-state index is 0.0795. The number of carbonyl (C=O) groups is 1. The second-order valence-electron chi connectivity index (χ2n) is 5.06. The molecule has 25 heavy (non-hydrogen) atoms. The quantitative estimate of drug-likeness (QED) is 0.426. The number of allylic oxidation sites excluding steroid dienone is 1. The molecule has 0 bridgehead atoms. The fourth-order valence-corrected chi connectivity index (χ4v) is 5.54. The van der Waals surface area contributed by atoms with Crippen molar-refractivity contribution < 1.29 is 9.53 Å². The summed E-state index contributed by atoms with van der Waals surface area (Å²) in [5.74, 6) is 0.0309. The highest BCUT2D eigenvalue weighted by Gasteiger charge is 2.38. The molecule has 128 valence electrons. The van der Waals surface area contributed by atoms with Crippen LogP contribution in [-0.4, -0.2) is 22.4 Å². The number of Topliss-reactive ketones (excluding diaryl/α,β-unsaturated/α-hetero) is 1. The maximum absolute atomic E-state index is 12.7. The first kappa shape index (κ1) is 18.6. The van der Waals surface area contributed by atoms with Gasteiger partial charge in [0.05, 0.1) is 18.9 Å². The summed E-state index contributed by atoms with van der Waals surface area (Å²) < 4.78 is 7.15. The Hall–Kier alpha value is -1.22. The molecule has 1 atom stereocenters. The third-order valence-electron chi connectivity index (χ3n) is 3.35. The minimum Gasteiger partial charge on any atom is -0.487 e. The van der Waals surface area contributed by atoms with Crippen molar-refractivity contribution >= 4 is 71.9 Å². The van der Waals surface area contributed by atoms with Gasteiger partial charge in [0, 0.05) is 11.6 Å². The van der Waals surface area contributed by atoms with Crippen LogP contribution in [-0.2, 0) is 4.79 Å². The highest BCUT2D eigenvalue weighted by molar-refractivity contribution is 9.11. The second-order valence-corrected chi connectivity index (χ2v) is 8.77. The number of nitrogens with zero attached hydrogens (tertiary/aromatic N) is 1. The highest BCUT2D eigenvalue weighted by atomic mass is 79.9. The van der Waals surface area contributed by atoms with E-state index in [1.807, 2.05) is 17.5 Å². The Kier molecular flexibility index (Phi) is 5.93. The number of thiazole rings is 1. The predicted octanol–water partition coefficient (Wildman–Crippen LogP) is 5.65. The molecule has 4 nitrogen and oxygen atoms in total. The smallest absolute Gasteiger partial charge is 0.186 e. The Bertz CT molecular complexity index is 856. The first-order valence-electron chi connectivity index (χ1n) is 7.15. The third-order valence-corrected chi connectivity index (χ3v) is 6.36. The van der Waals surface area contributed by atoms with E-state index in [0.717, 1.165) is 14.5 Å². The molecule has 1 aromatic carbocycles. The average molecular weight is 500 g/mol. The zero-order valence-corrected chi connectivity index (χ0v) is 17.6. The molecule has 0 amide bonds. The van der Waals surface area contributed by atoms with E-state index in [2.05, 4.69) is 43.4 Å². The third kappa shape index (κ3) is 3.97. The van der Waals surface area contributed by atoms with Crippen LogP contribution in [0, 0.1) is 5.41 Å². The zero-order chi connectivity index (χ0) is 18.0. The lowest BCUT2D eigenvalue weighted by atomic mass is 10.1. The van der Waals surface area contributed by atoms with Crippen molar-refractivity contribution in [3.63, 3.8) is 0 Å². The number of ketones is 1. The lowest BCUT2D eigenvalue weighted by Gasteiger charge is -2.09. The molecule has 8 heteroatoms. The largest absolute Gasteiger partial charge is 0.487 e. The Labute approximate surface area is 170 Å². The summed E-state index contributed by atoms with van der Waals surface area (Å²) in [5, 5.41) is 10.9. The van der Waals surface area contributed by atoms with Gasteiger partial charge in [-0.1, -0.05) is 24.4 Å². The summed E-state index contributed by atoms with van der Waals surface area (Å²) in [7, 11) is 0. The Morgan fingerprint density at radius 2 is 2.08 bits per heavy atom. The first-order chi connectivity index (χ1) is 12.0. The normalized spacial score (nSPS) is 18.8. The summed E-state index contributed by atoms with van der Waals surface area (Å²) >= 11 is 9.56. The van der Waals surface area contributed by atoms with E-state index in [1.54, 1.807) is 18.3 Å². The Balaban J connectivity index is 1.90.